The summed E-state index contributed by atoms with van der Waals surface area (Å²) in [6.07, 6.45) is 7.18. The van der Waals surface area contributed by atoms with Gasteiger partial charge in [-0.2, -0.15) is 0 Å². The lowest BCUT2D eigenvalue weighted by atomic mass is 10.1. The maximum Gasteiger partial charge on any atom is 0.126 e. The van der Waals surface area contributed by atoms with Crippen LogP contribution < -0.4 is 5.32 Å². The van der Waals surface area contributed by atoms with Crippen molar-refractivity contribution in [1.82, 2.24) is 5.32 Å². The number of rotatable bonds is 7. The van der Waals surface area contributed by atoms with Crippen LogP contribution >= 0.6 is 22.9 Å². The first-order valence-electron chi connectivity index (χ1n) is 6.85. The zero-order valence-corrected chi connectivity index (χ0v) is 12.3. The summed E-state index contributed by atoms with van der Waals surface area (Å²) in [4.78, 5) is 1.21. The SMILES string of the molecule is Clc1ccc(C(NCCCC2CC2)c2ccco2)s1. The van der Waals surface area contributed by atoms with Crippen LogP contribution in [0.5, 0.6) is 0 Å². The molecule has 1 aliphatic carbocycles. The largest absolute Gasteiger partial charge is 0.467 e. The maximum absolute atomic E-state index is 6.04. The second-order valence-corrected chi connectivity index (χ2v) is 6.88. The lowest BCUT2D eigenvalue weighted by Gasteiger charge is -2.15. The van der Waals surface area contributed by atoms with Crippen LogP contribution in [0.2, 0.25) is 4.34 Å². The molecular weight excluding hydrogens is 278 g/mol. The fourth-order valence-corrected chi connectivity index (χ4v) is 3.47. The Hall–Kier alpha value is -0.770. The molecule has 2 heterocycles. The van der Waals surface area contributed by atoms with Crippen molar-refractivity contribution in [1.29, 1.82) is 0 Å². The number of hydrogen-bond acceptors (Lipinski definition) is 3. The van der Waals surface area contributed by atoms with E-state index >= 15 is 0 Å². The third kappa shape index (κ3) is 3.62. The van der Waals surface area contributed by atoms with E-state index in [0.717, 1.165) is 22.6 Å². The molecule has 3 rings (SSSR count). The van der Waals surface area contributed by atoms with Gasteiger partial charge in [-0.05, 0) is 49.6 Å². The summed E-state index contributed by atoms with van der Waals surface area (Å²) in [5.41, 5.74) is 0. The Labute approximate surface area is 122 Å². The third-order valence-corrected chi connectivity index (χ3v) is 4.84. The molecule has 2 aromatic heterocycles. The highest BCUT2D eigenvalue weighted by atomic mass is 35.5. The Bertz CT molecular complexity index is 504. The summed E-state index contributed by atoms with van der Waals surface area (Å²) in [5.74, 6) is 1.96. The summed E-state index contributed by atoms with van der Waals surface area (Å²) in [5, 5.41) is 3.59. The van der Waals surface area contributed by atoms with Gasteiger partial charge in [0.1, 0.15) is 11.8 Å². The Morgan fingerprint density at radius 1 is 1.37 bits per heavy atom. The van der Waals surface area contributed by atoms with Gasteiger partial charge in [0.15, 0.2) is 0 Å². The molecule has 19 heavy (non-hydrogen) atoms. The van der Waals surface area contributed by atoms with Crippen LogP contribution in [-0.2, 0) is 0 Å². The normalized spacial score (nSPS) is 16.7. The molecular formula is C15H18ClNOS. The van der Waals surface area contributed by atoms with Crippen LogP contribution in [0.25, 0.3) is 0 Å². The lowest BCUT2D eigenvalue weighted by molar-refractivity contribution is 0.443. The predicted octanol–water partition coefficient (Wildman–Crippen LogP) is 4.86. The van der Waals surface area contributed by atoms with Crippen LogP contribution in [0.15, 0.2) is 34.9 Å². The second kappa shape index (κ2) is 6.12. The van der Waals surface area contributed by atoms with Gasteiger partial charge in [0.2, 0.25) is 0 Å². The van der Waals surface area contributed by atoms with Gasteiger partial charge in [-0.25, -0.2) is 0 Å². The number of hydrogen-bond donors (Lipinski definition) is 1. The topological polar surface area (TPSA) is 25.2 Å². The standard InChI is InChI=1S/C15H18ClNOS/c16-14-8-7-13(19-14)15(12-4-2-10-18-12)17-9-1-3-11-5-6-11/h2,4,7-8,10-11,15,17H,1,3,5-6,9H2. The summed E-state index contributed by atoms with van der Waals surface area (Å²) >= 11 is 7.65. The molecule has 2 aromatic rings. The number of furan rings is 1. The van der Waals surface area contributed by atoms with E-state index < -0.39 is 0 Å². The smallest absolute Gasteiger partial charge is 0.126 e. The van der Waals surface area contributed by atoms with Gasteiger partial charge in [-0.1, -0.05) is 24.4 Å². The molecule has 1 unspecified atom stereocenters. The van der Waals surface area contributed by atoms with Crippen molar-refractivity contribution < 1.29 is 4.42 Å². The van der Waals surface area contributed by atoms with E-state index in [4.69, 9.17) is 16.0 Å². The van der Waals surface area contributed by atoms with Crippen LogP contribution in [-0.4, -0.2) is 6.54 Å². The first-order valence-corrected chi connectivity index (χ1v) is 8.04. The number of nitrogens with one attached hydrogen (secondary N) is 1. The highest BCUT2D eigenvalue weighted by Gasteiger charge is 2.21. The Balaban J connectivity index is 1.62. The van der Waals surface area contributed by atoms with Crippen molar-refractivity contribution in [3.8, 4) is 0 Å². The molecule has 1 N–H and O–H groups in total. The molecule has 2 nitrogen and oxygen atoms in total. The van der Waals surface area contributed by atoms with Gasteiger partial charge in [0.05, 0.1) is 10.6 Å². The van der Waals surface area contributed by atoms with Crippen molar-refractivity contribution >= 4 is 22.9 Å². The summed E-state index contributed by atoms with van der Waals surface area (Å²) in [7, 11) is 0. The molecule has 1 saturated carbocycles. The van der Waals surface area contributed by atoms with Gasteiger partial charge < -0.3 is 9.73 Å². The number of halogens is 1. The molecule has 0 bridgehead atoms. The minimum absolute atomic E-state index is 0.131. The molecule has 4 heteroatoms. The zero-order chi connectivity index (χ0) is 13.1. The fourth-order valence-electron chi connectivity index (χ4n) is 2.32. The van der Waals surface area contributed by atoms with Crippen molar-refractivity contribution in [3.05, 3.63) is 45.5 Å². The monoisotopic (exact) mass is 295 g/mol. The van der Waals surface area contributed by atoms with Crippen LogP contribution in [0.4, 0.5) is 0 Å². The van der Waals surface area contributed by atoms with E-state index in [-0.39, 0.29) is 6.04 Å². The molecule has 0 saturated heterocycles. The fraction of sp³-hybridized carbons (Fsp3) is 0.467. The summed E-state index contributed by atoms with van der Waals surface area (Å²) in [6, 6.07) is 8.11. The Morgan fingerprint density at radius 2 is 2.26 bits per heavy atom. The van der Waals surface area contributed by atoms with Crippen molar-refractivity contribution in [2.24, 2.45) is 5.92 Å². The minimum atomic E-state index is 0.131. The second-order valence-electron chi connectivity index (χ2n) is 5.13. The highest BCUT2D eigenvalue weighted by molar-refractivity contribution is 7.16. The maximum atomic E-state index is 6.04. The molecule has 1 atom stereocenters. The van der Waals surface area contributed by atoms with E-state index in [1.165, 1.54) is 30.6 Å². The Morgan fingerprint density at radius 3 is 2.89 bits per heavy atom. The van der Waals surface area contributed by atoms with Gasteiger partial charge >= 0.3 is 0 Å². The van der Waals surface area contributed by atoms with E-state index in [0.29, 0.717) is 0 Å². The van der Waals surface area contributed by atoms with Gasteiger partial charge in [0, 0.05) is 4.88 Å². The molecule has 0 amide bonds. The molecule has 1 fully saturated rings. The van der Waals surface area contributed by atoms with Gasteiger partial charge in [-0.3, -0.25) is 0 Å². The summed E-state index contributed by atoms with van der Waals surface area (Å²) in [6.45, 7) is 1.03. The predicted molar refractivity (Wildman–Crippen MR) is 79.8 cm³/mol. The van der Waals surface area contributed by atoms with Crippen molar-refractivity contribution in [3.63, 3.8) is 0 Å². The van der Waals surface area contributed by atoms with E-state index in [1.807, 2.05) is 18.2 Å². The van der Waals surface area contributed by atoms with Crippen LogP contribution in [0, 0.1) is 5.92 Å². The van der Waals surface area contributed by atoms with Crippen LogP contribution in [0.3, 0.4) is 0 Å². The lowest BCUT2D eigenvalue weighted by Crippen LogP contribution is -2.22. The molecule has 0 radical (unpaired) electrons. The quantitative estimate of drug-likeness (QED) is 0.738. The summed E-state index contributed by atoms with van der Waals surface area (Å²) < 4.78 is 6.38. The minimum Gasteiger partial charge on any atom is -0.467 e. The first kappa shape index (κ1) is 13.2. The van der Waals surface area contributed by atoms with Crippen molar-refractivity contribution in [2.75, 3.05) is 6.54 Å². The molecule has 0 aliphatic heterocycles. The average molecular weight is 296 g/mol. The first-order chi connectivity index (χ1) is 9.33. The Kier molecular flexibility index (Phi) is 4.26. The van der Waals surface area contributed by atoms with Gasteiger partial charge in [-0.15, -0.1) is 11.3 Å². The van der Waals surface area contributed by atoms with Crippen LogP contribution in [0.1, 0.15) is 42.4 Å². The van der Waals surface area contributed by atoms with E-state index in [1.54, 1.807) is 17.6 Å². The molecule has 0 spiro atoms. The number of thiophene rings is 1. The van der Waals surface area contributed by atoms with E-state index in [9.17, 15) is 0 Å². The average Bonchev–Trinajstić information content (AvgIpc) is 2.89. The van der Waals surface area contributed by atoms with E-state index in [2.05, 4.69) is 11.4 Å². The molecule has 0 aromatic carbocycles. The van der Waals surface area contributed by atoms with Gasteiger partial charge in [0.25, 0.3) is 0 Å². The third-order valence-electron chi connectivity index (χ3n) is 3.54. The molecule has 102 valence electrons. The molecule has 1 aliphatic rings. The zero-order valence-electron chi connectivity index (χ0n) is 10.8. The highest BCUT2D eigenvalue weighted by Crippen LogP contribution is 2.34. The van der Waals surface area contributed by atoms with Crippen molar-refractivity contribution in [2.45, 2.75) is 31.7 Å².